The molecule has 0 aliphatic rings. The van der Waals surface area contributed by atoms with Crippen LogP contribution in [0.2, 0.25) is 0 Å². The Bertz CT molecular complexity index is 534. The highest BCUT2D eigenvalue weighted by Gasteiger charge is 2.10. The fourth-order valence-electron chi connectivity index (χ4n) is 1.47. The number of nitrogen functional groups attached to an aromatic ring is 1. The summed E-state index contributed by atoms with van der Waals surface area (Å²) in [7, 11) is 0. The molecule has 2 N–H and O–H groups in total. The number of anilines is 1. The number of nitrogens with zero attached hydrogens (tertiary/aromatic N) is 4. The second-order valence-corrected chi connectivity index (χ2v) is 3.52. The van der Waals surface area contributed by atoms with Crippen molar-refractivity contribution >= 4 is 17.0 Å². The molecule has 2 aromatic rings. The highest BCUT2D eigenvalue weighted by Crippen LogP contribution is 2.19. The monoisotopic (exact) mass is 233 g/mol. The lowest BCUT2D eigenvalue weighted by Gasteiger charge is -2.04. The van der Waals surface area contributed by atoms with E-state index < -0.39 is 0 Å². The van der Waals surface area contributed by atoms with Crippen LogP contribution in [0.25, 0.3) is 11.2 Å². The summed E-state index contributed by atoms with van der Waals surface area (Å²) >= 11 is 0. The van der Waals surface area contributed by atoms with Crippen molar-refractivity contribution in [2.75, 3.05) is 12.3 Å². The summed E-state index contributed by atoms with van der Waals surface area (Å²) in [5, 5.41) is 0. The van der Waals surface area contributed by atoms with Crippen LogP contribution in [0.5, 0.6) is 6.01 Å². The number of fused-ring (bicyclic) bond motifs is 1. The lowest BCUT2D eigenvalue weighted by molar-refractivity contribution is 0.300. The van der Waals surface area contributed by atoms with E-state index in [1.54, 1.807) is 12.4 Å². The molecule has 17 heavy (non-hydrogen) atoms. The van der Waals surface area contributed by atoms with Crippen molar-refractivity contribution in [2.45, 2.75) is 19.9 Å². The maximum atomic E-state index is 5.80. The lowest BCUT2D eigenvalue weighted by atomic mass is 10.4. The molecule has 6 nitrogen and oxygen atoms in total. The number of nitrogens with two attached hydrogens (primary N) is 1. The molecule has 2 aromatic heterocycles. The van der Waals surface area contributed by atoms with Gasteiger partial charge in [-0.05, 0) is 13.3 Å². The average molecular weight is 233 g/mol. The Labute approximate surface area is 99.1 Å². The van der Waals surface area contributed by atoms with Crippen molar-refractivity contribution in [1.82, 2.24) is 19.5 Å². The Hall–Kier alpha value is -2.11. The standard InChI is InChI=1S/C11H15N5O/c1-3-5-6-17-11-14-9(12)8-10(15-11)16(4-2)7-13-8/h3,7H,1,4-6H2,2H3,(H2,12,14,15). The molecule has 0 amide bonds. The largest absolute Gasteiger partial charge is 0.463 e. The van der Waals surface area contributed by atoms with Gasteiger partial charge in [0.15, 0.2) is 11.5 Å². The van der Waals surface area contributed by atoms with Crippen molar-refractivity contribution in [1.29, 1.82) is 0 Å². The first-order valence-corrected chi connectivity index (χ1v) is 5.48. The van der Waals surface area contributed by atoms with Gasteiger partial charge in [-0.2, -0.15) is 9.97 Å². The van der Waals surface area contributed by atoms with E-state index in [4.69, 9.17) is 10.5 Å². The van der Waals surface area contributed by atoms with E-state index in [0.717, 1.165) is 13.0 Å². The van der Waals surface area contributed by atoms with Gasteiger partial charge in [0.2, 0.25) is 0 Å². The molecular formula is C11H15N5O. The van der Waals surface area contributed by atoms with E-state index in [1.165, 1.54) is 0 Å². The average Bonchev–Trinajstić information content (AvgIpc) is 2.73. The van der Waals surface area contributed by atoms with Gasteiger partial charge in [0.05, 0.1) is 12.9 Å². The van der Waals surface area contributed by atoms with Gasteiger partial charge in [-0.25, -0.2) is 4.98 Å². The molecule has 0 radical (unpaired) electrons. The Balaban J connectivity index is 2.34. The number of ether oxygens (including phenoxy) is 1. The molecule has 0 aliphatic heterocycles. The van der Waals surface area contributed by atoms with Crippen molar-refractivity contribution in [2.24, 2.45) is 0 Å². The van der Waals surface area contributed by atoms with E-state index in [2.05, 4.69) is 21.5 Å². The van der Waals surface area contributed by atoms with Crippen molar-refractivity contribution in [3.05, 3.63) is 19.0 Å². The second kappa shape index (κ2) is 4.82. The maximum absolute atomic E-state index is 5.80. The maximum Gasteiger partial charge on any atom is 0.320 e. The van der Waals surface area contributed by atoms with Gasteiger partial charge < -0.3 is 15.0 Å². The molecule has 0 unspecified atom stereocenters. The van der Waals surface area contributed by atoms with Gasteiger partial charge >= 0.3 is 6.01 Å². The zero-order chi connectivity index (χ0) is 12.3. The summed E-state index contributed by atoms with van der Waals surface area (Å²) in [6.07, 6.45) is 4.22. The Morgan fingerprint density at radius 1 is 1.53 bits per heavy atom. The molecule has 6 heteroatoms. The van der Waals surface area contributed by atoms with Gasteiger partial charge in [-0.15, -0.1) is 6.58 Å². The Morgan fingerprint density at radius 3 is 3.06 bits per heavy atom. The highest BCUT2D eigenvalue weighted by molar-refractivity contribution is 5.81. The molecule has 2 heterocycles. The molecule has 0 saturated carbocycles. The predicted octanol–water partition coefficient (Wildman–Crippen LogP) is 1.38. The molecular weight excluding hydrogens is 218 g/mol. The number of imidazole rings is 1. The summed E-state index contributed by atoms with van der Waals surface area (Å²) in [5.41, 5.74) is 7.12. The second-order valence-electron chi connectivity index (χ2n) is 3.52. The number of aryl methyl sites for hydroxylation is 1. The van der Waals surface area contributed by atoms with E-state index in [1.807, 2.05) is 11.5 Å². The van der Waals surface area contributed by atoms with Crippen LogP contribution in [0.15, 0.2) is 19.0 Å². The number of hydrogen-bond donors (Lipinski definition) is 1. The van der Waals surface area contributed by atoms with Gasteiger partial charge in [-0.1, -0.05) is 6.08 Å². The lowest BCUT2D eigenvalue weighted by Crippen LogP contribution is -2.04. The molecule has 90 valence electrons. The number of aromatic nitrogens is 4. The third kappa shape index (κ3) is 2.20. The molecule has 0 saturated heterocycles. The van der Waals surface area contributed by atoms with Gasteiger partial charge in [0, 0.05) is 6.54 Å². The summed E-state index contributed by atoms with van der Waals surface area (Å²) in [5.74, 6) is 0.343. The third-order valence-electron chi connectivity index (χ3n) is 2.36. The molecule has 0 atom stereocenters. The van der Waals surface area contributed by atoms with Crippen LogP contribution < -0.4 is 10.5 Å². The van der Waals surface area contributed by atoms with Crippen LogP contribution in [-0.2, 0) is 6.54 Å². The van der Waals surface area contributed by atoms with Crippen LogP contribution in [0, 0.1) is 0 Å². The topological polar surface area (TPSA) is 78.9 Å². The summed E-state index contributed by atoms with van der Waals surface area (Å²) in [6.45, 7) is 6.90. The van der Waals surface area contributed by atoms with Gasteiger partial charge in [0.1, 0.15) is 5.52 Å². The smallest absolute Gasteiger partial charge is 0.320 e. The van der Waals surface area contributed by atoms with Crippen LogP contribution in [-0.4, -0.2) is 26.1 Å². The van der Waals surface area contributed by atoms with E-state index in [-0.39, 0.29) is 6.01 Å². The fourth-order valence-corrected chi connectivity index (χ4v) is 1.47. The predicted molar refractivity (Wildman–Crippen MR) is 65.7 cm³/mol. The minimum Gasteiger partial charge on any atom is -0.463 e. The van der Waals surface area contributed by atoms with Gasteiger partial charge in [0.25, 0.3) is 0 Å². The first kappa shape index (κ1) is 11.4. The molecule has 2 rings (SSSR count). The van der Waals surface area contributed by atoms with Crippen LogP contribution in [0.3, 0.4) is 0 Å². The first-order valence-electron chi connectivity index (χ1n) is 5.48. The SMILES string of the molecule is C=CCCOc1nc(N)c2ncn(CC)c2n1. The number of hydrogen-bond acceptors (Lipinski definition) is 5. The zero-order valence-electron chi connectivity index (χ0n) is 9.76. The van der Waals surface area contributed by atoms with Crippen LogP contribution in [0.4, 0.5) is 5.82 Å². The van der Waals surface area contributed by atoms with Crippen molar-refractivity contribution < 1.29 is 4.74 Å². The minimum atomic E-state index is 0.284. The first-order chi connectivity index (χ1) is 8.26. The minimum absolute atomic E-state index is 0.284. The van der Waals surface area contributed by atoms with Crippen LogP contribution in [0.1, 0.15) is 13.3 Å². The molecule has 0 spiro atoms. The van der Waals surface area contributed by atoms with Gasteiger partial charge in [-0.3, -0.25) is 0 Å². The fraction of sp³-hybridized carbons (Fsp3) is 0.364. The van der Waals surface area contributed by atoms with E-state index in [0.29, 0.717) is 23.6 Å². The normalized spacial score (nSPS) is 10.6. The molecule has 0 aliphatic carbocycles. The molecule has 0 bridgehead atoms. The van der Waals surface area contributed by atoms with E-state index >= 15 is 0 Å². The number of rotatable bonds is 5. The summed E-state index contributed by atoms with van der Waals surface area (Å²) in [6, 6.07) is 0.284. The zero-order valence-corrected chi connectivity index (χ0v) is 9.76. The molecule has 0 fully saturated rings. The van der Waals surface area contributed by atoms with Crippen molar-refractivity contribution in [3.63, 3.8) is 0 Å². The van der Waals surface area contributed by atoms with E-state index in [9.17, 15) is 0 Å². The quantitative estimate of drug-likeness (QED) is 0.623. The Kier molecular flexibility index (Phi) is 3.22. The van der Waals surface area contributed by atoms with Crippen LogP contribution >= 0.6 is 0 Å². The highest BCUT2D eigenvalue weighted by atomic mass is 16.5. The molecule has 0 aromatic carbocycles. The Morgan fingerprint density at radius 2 is 2.35 bits per heavy atom. The summed E-state index contributed by atoms with van der Waals surface area (Å²) < 4.78 is 7.29. The summed E-state index contributed by atoms with van der Waals surface area (Å²) in [4.78, 5) is 12.5. The van der Waals surface area contributed by atoms with Crippen molar-refractivity contribution in [3.8, 4) is 6.01 Å². The third-order valence-corrected chi connectivity index (χ3v) is 2.36.